The van der Waals surface area contributed by atoms with Gasteiger partial charge in [-0.05, 0) is 77.9 Å². The predicted octanol–water partition coefficient (Wildman–Crippen LogP) is 6.82. The molecule has 1 aliphatic heterocycles. The molecule has 186 valence electrons. The highest BCUT2D eigenvalue weighted by Crippen LogP contribution is 2.43. The Bertz CT molecular complexity index is 1360. The Balaban J connectivity index is 1.56. The molecule has 0 bridgehead atoms. The van der Waals surface area contributed by atoms with Crippen LogP contribution in [0.2, 0.25) is 0 Å². The molecule has 1 aliphatic rings. The summed E-state index contributed by atoms with van der Waals surface area (Å²) in [5, 5.41) is 6.18. The Kier molecular flexibility index (Phi) is 7.56. The van der Waals surface area contributed by atoms with Gasteiger partial charge in [-0.2, -0.15) is 0 Å². The number of carbonyl (C=O) groups is 1. The van der Waals surface area contributed by atoms with E-state index in [2.05, 4.69) is 100 Å². The van der Waals surface area contributed by atoms with Crippen molar-refractivity contribution in [1.82, 2.24) is 5.32 Å². The van der Waals surface area contributed by atoms with Crippen molar-refractivity contribution in [3.05, 3.63) is 101 Å². The third-order valence-electron chi connectivity index (χ3n) is 7.23. The molecule has 1 amide bonds. The van der Waals surface area contributed by atoms with Crippen LogP contribution in [-0.4, -0.2) is 18.2 Å². The molecular formula is C32H37N3O. The van der Waals surface area contributed by atoms with Crippen molar-refractivity contribution in [2.24, 2.45) is 16.1 Å². The van der Waals surface area contributed by atoms with Crippen LogP contribution in [0, 0.1) is 19.3 Å². The van der Waals surface area contributed by atoms with E-state index in [0.29, 0.717) is 5.71 Å². The number of hydrogen-bond donors (Lipinski definition) is 2. The van der Waals surface area contributed by atoms with Gasteiger partial charge in [0, 0.05) is 17.9 Å². The van der Waals surface area contributed by atoms with Gasteiger partial charge in [0.1, 0.15) is 5.71 Å². The first kappa shape index (κ1) is 25.6. The maximum absolute atomic E-state index is 12.5. The maximum atomic E-state index is 12.5. The second kappa shape index (κ2) is 10.6. The van der Waals surface area contributed by atoms with Crippen LogP contribution in [0.4, 0.5) is 5.69 Å². The van der Waals surface area contributed by atoms with E-state index in [1.54, 1.807) is 0 Å². The second-order valence-electron chi connectivity index (χ2n) is 10.5. The maximum Gasteiger partial charge on any atom is 0.267 e. The predicted molar refractivity (Wildman–Crippen MR) is 152 cm³/mol. The van der Waals surface area contributed by atoms with Gasteiger partial charge in [-0.3, -0.25) is 4.79 Å². The normalized spacial score (nSPS) is 16.6. The number of primary amides is 1. The first-order chi connectivity index (χ1) is 17.2. The molecule has 4 heteroatoms. The van der Waals surface area contributed by atoms with Gasteiger partial charge in [-0.15, -0.1) is 6.58 Å². The molecule has 0 spiro atoms. The lowest BCUT2D eigenvalue weighted by Gasteiger charge is -2.30. The second-order valence-corrected chi connectivity index (χ2v) is 10.5. The number of aryl methyl sites for hydroxylation is 2. The summed E-state index contributed by atoms with van der Waals surface area (Å²) in [6, 6.07) is 19.3. The summed E-state index contributed by atoms with van der Waals surface area (Å²) >= 11 is 0. The van der Waals surface area contributed by atoms with Crippen molar-refractivity contribution < 1.29 is 4.79 Å². The Hall–Kier alpha value is -3.50. The van der Waals surface area contributed by atoms with E-state index in [4.69, 9.17) is 10.7 Å². The molecule has 0 aliphatic carbocycles. The molecule has 4 rings (SSSR count). The van der Waals surface area contributed by atoms with Gasteiger partial charge in [0.2, 0.25) is 0 Å². The number of benzene rings is 3. The quantitative estimate of drug-likeness (QED) is 0.261. The van der Waals surface area contributed by atoms with E-state index in [-0.39, 0.29) is 11.3 Å². The van der Waals surface area contributed by atoms with Gasteiger partial charge in [0.15, 0.2) is 0 Å². The van der Waals surface area contributed by atoms with Crippen molar-refractivity contribution in [3.63, 3.8) is 0 Å². The van der Waals surface area contributed by atoms with Crippen LogP contribution in [-0.2, 0) is 11.3 Å². The van der Waals surface area contributed by atoms with Gasteiger partial charge in [0.25, 0.3) is 5.91 Å². The van der Waals surface area contributed by atoms with E-state index in [1.807, 2.05) is 6.08 Å². The summed E-state index contributed by atoms with van der Waals surface area (Å²) in [4.78, 5) is 17.2. The molecule has 36 heavy (non-hydrogen) atoms. The van der Waals surface area contributed by atoms with E-state index < -0.39 is 5.91 Å². The summed E-state index contributed by atoms with van der Waals surface area (Å²) in [7, 11) is 0. The molecule has 3 aromatic carbocycles. The summed E-state index contributed by atoms with van der Waals surface area (Å²) in [6.07, 6.45) is 5.87. The van der Waals surface area contributed by atoms with E-state index in [9.17, 15) is 4.79 Å². The van der Waals surface area contributed by atoms with Crippen LogP contribution < -0.4 is 11.1 Å². The summed E-state index contributed by atoms with van der Waals surface area (Å²) in [5.74, 6) is -0.429. The van der Waals surface area contributed by atoms with Crippen LogP contribution in [0.25, 0.3) is 10.8 Å². The van der Waals surface area contributed by atoms with Crippen molar-refractivity contribution in [2.75, 3.05) is 6.54 Å². The Labute approximate surface area is 215 Å². The van der Waals surface area contributed by atoms with Gasteiger partial charge in [-0.25, -0.2) is 4.99 Å². The van der Waals surface area contributed by atoms with E-state index in [0.717, 1.165) is 42.8 Å². The number of amides is 1. The Morgan fingerprint density at radius 2 is 1.83 bits per heavy atom. The highest BCUT2D eigenvalue weighted by molar-refractivity contribution is 6.46. The summed E-state index contributed by atoms with van der Waals surface area (Å²) in [5.41, 5.74) is 12.6. The minimum Gasteiger partial charge on any atom is -0.364 e. The minimum atomic E-state index is -0.482. The summed E-state index contributed by atoms with van der Waals surface area (Å²) in [6.45, 7) is 14.1. The summed E-state index contributed by atoms with van der Waals surface area (Å²) < 4.78 is 0. The SMILES string of the molecule is C=CC(C)(C)C=C1C(C(N)=O)=Nc2cc(C)c(C)cc2C1CCCNCc1cccc2ccccc12. The number of nitrogens with two attached hydrogens (primary N) is 1. The van der Waals surface area contributed by atoms with Crippen molar-refractivity contribution >= 4 is 28.1 Å². The third-order valence-corrected chi connectivity index (χ3v) is 7.23. The molecule has 3 N–H and O–H groups in total. The molecule has 0 radical (unpaired) electrons. The number of carbonyl (C=O) groups excluding carboxylic acids is 1. The van der Waals surface area contributed by atoms with Crippen molar-refractivity contribution in [2.45, 2.75) is 53.0 Å². The lowest BCUT2D eigenvalue weighted by atomic mass is 9.77. The minimum absolute atomic E-state index is 0.0536. The largest absolute Gasteiger partial charge is 0.364 e. The topological polar surface area (TPSA) is 67.5 Å². The molecule has 0 fully saturated rings. The molecular weight excluding hydrogens is 442 g/mol. The zero-order valence-corrected chi connectivity index (χ0v) is 21.9. The average molecular weight is 480 g/mol. The van der Waals surface area contributed by atoms with Crippen molar-refractivity contribution in [1.29, 1.82) is 0 Å². The fourth-order valence-electron chi connectivity index (χ4n) is 4.95. The highest BCUT2D eigenvalue weighted by Gasteiger charge is 2.32. The molecule has 1 heterocycles. The van der Waals surface area contributed by atoms with Crippen molar-refractivity contribution in [3.8, 4) is 0 Å². The fourth-order valence-corrected chi connectivity index (χ4v) is 4.95. The molecule has 4 nitrogen and oxygen atoms in total. The average Bonchev–Trinajstić information content (AvgIpc) is 2.85. The number of fused-ring (bicyclic) bond motifs is 2. The zero-order valence-electron chi connectivity index (χ0n) is 21.9. The molecule has 3 aromatic rings. The van der Waals surface area contributed by atoms with Gasteiger partial charge >= 0.3 is 0 Å². The molecule has 1 unspecified atom stereocenters. The first-order valence-electron chi connectivity index (χ1n) is 12.7. The lowest BCUT2D eigenvalue weighted by molar-refractivity contribution is -0.111. The van der Waals surface area contributed by atoms with Gasteiger partial charge in [0.05, 0.1) is 5.69 Å². The fraction of sp³-hybridized carbons (Fsp3) is 0.312. The van der Waals surface area contributed by atoms with Gasteiger partial charge in [-0.1, -0.05) is 74.5 Å². The first-order valence-corrected chi connectivity index (χ1v) is 12.7. The lowest BCUT2D eigenvalue weighted by Crippen LogP contribution is -2.31. The third kappa shape index (κ3) is 5.50. The number of allylic oxidation sites excluding steroid dienone is 2. The number of hydrogen-bond acceptors (Lipinski definition) is 3. The molecule has 0 aromatic heterocycles. The molecule has 0 saturated carbocycles. The van der Waals surface area contributed by atoms with Crippen LogP contribution in [0.1, 0.15) is 54.9 Å². The molecule has 0 saturated heterocycles. The van der Waals surface area contributed by atoms with Crippen LogP contribution in [0.5, 0.6) is 0 Å². The van der Waals surface area contributed by atoms with E-state index >= 15 is 0 Å². The number of nitrogens with one attached hydrogen (secondary N) is 1. The van der Waals surface area contributed by atoms with Crippen LogP contribution >= 0.6 is 0 Å². The Morgan fingerprint density at radius 1 is 1.11 bits per heavy atom. The molecule has 1 atom stereocenters. The number of rotatable bonds is 9. The van der Waals surface area contributed by atoms with Crippen LogP contribution in [0.15, 0.2) is 83.9 Å². The van der Waals surface area contributed by atoms with E-state index in [1.165, 1.54) is 27.5 Å². The number of nitrogens with zero attached hydrogens (tertiary/aromatic N) is 1. The smallest absolute Gasteiger partial charge is 0.267 e. The zero-order chi connectivity index (χ0) is 25.9. The Morgan fingerprint density at radius 3 is 2.58 bits per heavy atom. The standard InChI is InChI=1S/C32H37N3O/c1-6-32(4,5)19-28-26(27-17-21(2)22(3)18-29(27)35-30(28)31(33)36)15-10-16-34-20-24-13-9-12-23-11-7-8-14-25(23)24/h6-9,11-14,17-19,26,34H,1,10,15-16,20H2,2-5H3,(H2,33,36). The number of aliphatic imine (C=N–C) groups is 1. The monoisotopic (exact) mass is 479 g/mol. The highest BCUT2D eigenvalue weighted by atomic mass is 16.1. The van der Waals surface area contributed by atoms with Gasteiger partial charge < -0.3 is 11.1 Å². The van der Waals surface area contributed by atoms with Crippen LogP contribution in [0.3, 0.4) is 0 Å².